The van der Waals surface area contributed by atoms with Crippen LogP contribution in [0, 0.1) is 6.92 Å². The second-order valence-electron chi connectivity index (χ2n) is 6.09. The summed E-state index contributed by atoms with van der Waals surface area (Å²) in [6.07, 6.45) is 0.975. The van der Waals surface area contributed by atoms with Crippen LogP contribution in [-0.2, 0) is 17.8 Å². The molecule has 0 bridgehead atoms. The maximum Gasteiger partial charge on any atom is 0.358 e. The first-order valence-corrected chi connectivity index (χ1v) is 10.3. The van der Waals surface area contributed by atoms with Gasteiger partial charge in [0, 0.05) is 22.7 Å². The second-order valence-corrected chi connectivity index (χ2v) is 7.99. The van der Waals surface area contributed by atoms with Gasteiger partial charge in [-0.15, -0.1) is 11.3 Å². The standard InChI is InChI=1S/C19H16N4O3S2/c1-3-12-4-6-13(7-5-12)17-21-14(10-27-17)18(25)26-9-15-22-23-16(24)8-11(2)20-19(23)28-15/h4-8,10H,3,9H2,1-2H3. The van der Waals surface area contributed by atoms with E-state index in [0.717, 1.165) is 17.0 Å². The molecule has 9 heteroatoms. The Morgan fingerprint density at radius 2 is 2.00 bits per heavy atom. The first kappa shape index (κ1) is 18.5. The number of hydrogen-bond donors (Lipinski definition) is 0. The van der Waals surface area contributed by atoms with Crippen molar-refractivity contribution in [3.8, 4) is 10.6 Å². The number of hydrogen-bond acceptors (Lipinski definition) is 8. The number of esters is 1. The van der Waals surface area contributed by atoms with Crippen molar-refractivity contribution in [1.82, 2.24) is 19.6 Å². The van der Waals surface area contributed by atoms with E-state index in [4.69, 9.17) is 4.74 Å². The fourth-order valence-electron chi connectivity index (χ4n) is 2.60. The lowest BCUT2D eigenvalue weighted by Crippen LogP contribution is -2.14. The summed E-state index contributed by atoms with van der Waals surface area (Å²) in [4.78, 5) is 33.3. The summed E-state index contributed by atoms with van der Waals surface area (Å²) in [5, 5.41) is 7.09. The van der Waals surface area contributed by atoms with Gasteiger partial charge in [-0.3, -0.25) is 4.79 Å². The molecule has 0 N–H and O–H groups in total. The van der Waals surface area contributed by atoms with Crippen molar-refractivity contribution >= 4 is 33.6 Å². The highest BCUT2D eigenvalue weighted by Crippen LogP contribution is 2.24. The van der Waals surface area contributed by atoms with E-state index in [1.165, 1.54) is 38.8 Å². The third-order valence-corrected chi connectivity index (χ3v) is 5.84. The van der Waals surface area contributed by atoms with Crippen LogP contribution in [0.5, 0.6) is 0 Å². The van der Waals surface area contributed by atoms with Gasteiger partial charge in [-0.1, -0.05) is 42.5 Å². The Hall–Kier alpha value is -2.91. The average molecular weight is 412 g/mol. The van der Waals surface area contributed by atoms with Crippen molar-refractivity contribution in [3.05, 3.63) is 68.0 Å². The van der Waals surface area contributed by atoms with Crippen molar-refractivity contribution in [1.29, 1.82) is 0 Å². The molecule has 0 unspecified atom stereocenters. The lowest BCUT2D eigenvalue weighted by molar-refractivity contribution is 0.0465. The van der Waals surface area contributed by atoms with Crippen LogP contribution in [0.4, 0.5) is 0 Å². The van der Waals surface area contributed by atoms with Crippen LogP contribution in [0.2, 0.25) is 0 Å². The van der Waals surface area contributed by atoms with Crippen molar-refractivity contribution in [2.45, 2.75) is 26.9 Å². The van der Waals surface area contributed by atoms with Gasteiger partial charge in [0.2, 0.25) is 4.96 Å². The normalized spacial score (nSPS) is 11.1. The maximum absolute atomic E-state index is 12.3. The van der Waals surface area contributed by atoms with Crippen LogP contribution in [-0.4, -0.2) is 25.6 Å². The molecule has 7 nitrogen and oxygen atoms in total. The number of carbonyl (C=O) groups is 1. The Bertz CT molecular complexity index is 1210. The molecule has 0 radical (unpaired) electrons. The third kappa shape index (κ3) is 3.71. The number of rotatable bonds is 5. The molecule has 3 heterocycles. The Labute approximate surface area is 168 Å². The summed E-state index contributed by atoms with van der Waals surface area (Å²) in [6, 6.07) is 9.52. The van der Waals surface area contributed by atoms with Gasteiger partial charge in [0.05, 0.1) is 0 Å². The van der Waals surface area contributed by atoms with E-state index in [1.54, 1.807) is 12.3 Å². The van der Waals surface area contributed by atoms with Crippen LogP contribution in [0.1, 0.15) is 33.7 Å². The summed E-state index contributed by atoms with van der Waals surface area (Å²) in [7, 11) is 0. The summed E-state index contributed by atoms with van der Waals surface area (Å²) in [5.74, 6) is -0.525. The molecule has 3 aromatic heterocycles. The highest BCUT2D eigenvalue weighted by atomic mass is 32.1. The minimum Gasteiger partial charge on any atom is -0.453 e. The molecule has 0 spiro atoms. The summed E-state index contributed by atoms with van der Waals surface area (Å²) < 4.78 is 6.52. The Morgan fingerprint density at radius 3 is 2.75 bits per heavy atom. The monoisotopic (exact) mass is 412 g/mol. The number of fused-ring (bicyclic) bond motifs is 1. The van der Waals surface area contributed by atoms with Gasteiger partial charge in [0.15, 0.2) is 10.7 Å². The summed E-state index contributed by atoms with van der Waals surface area (Å²) in [5.41, 5.74) is 2.84. The molecule has 0 amide bonds. The SMILES string of the molecule is CCc1ccc(-c2nc(C(=O)OCc3nn4c(=O)cc(C)nc4s3)cs2)cc1. The number of thiazole rings is 1. The topological polar surface area (TPSA) is 86.5 Å². The molecule has 0 saturated heterocycles. The van der Waals surface area contributed by atoms with Gasteiger partial charge >= 0.3 is 5.97 Å². The van der Waals surface area contributed by atoms with Crippen molar-refractivity contribution in [2.24, 2.45) is 0 Å². The van der Waals surface area contributed by atoms with Crippen LogP contribution >= 0.6 is 22.7 Å². The smallest absolute Gasteiger partial charge is 0.358 e. The molecule has 0 atom stereocenters. The molecule has 4 aromatic rings. The van der Waals surface area contributed by atoms with E-state index in [1.807, 2.05) is 12.1 Å². The zero-order valence-electron chi connectivity index (χ0n) is 15.2. The predicted octanol–water partition coefficient (Wildman–Crippen LogP) is 3.50. The van der Waals surface area contributed by atoms with Gasteiger partial charge in [-0.2, -0.15) is 9.61 Å². The quantitative estimate of drug-likeness (QED) is 0.466. The fraction of sp³-hybridized carbons (Fsp3) is 0.211. The van der Waals surface area contributed by atoms with E-state index >= 15 is 0 Å². The summed E-state index contributed by atoms with van der Waals surface area (Å²) in [6.45, 7) is 3.81. The molecule has 0 aliphatic heterocycles. The van der Waals surface area contributed by atoms with E-state index < -0.39 is 5.97 Å². The maximum atomic E-state index is 12.3. The highest BCUT2D eigenvalue weighted by molar-refractivity contribution is 7.16. The van der Waals surface area contributed by atoms with Crippen LogP contribution < -0.4 is 5.56 Å². The van der Waals surface area contributed by atoms with Gasteiger partial charge in [0.1, 0.15) is 11.6 Å². The van der Waals surface area contributed by atoms with E-state index in [2.05, 4.69) is 34.1 Å². The lowest BCUT2D eigenvalue weighted by Gasteiger charge is -2.00. The molecule has 0 saturated carbocycles. The van der Waals surface area contributed by atoms with Crippen LogP contribution in [0.3, 0.4) is 0 Å². The van der Waals surface area contributed by atoms with E-state index in [-0.39, 0.29) is 17.9 Å². The fourth-order valence-corrected chi connectivity index (χ4v) is 4.26. The largest absolute Gasteiger partial charge is 0.453 e. The third-order valence-electron chi connectivity index (χ3n) is 4.06. The zero-order valence-corrected chi connectivity index (χ0v) is 16.8. The highest BCUT2D eigenvalue weighted by Gasteiger charge is 2.15. The number of ether oxygens (including phenoxy) is 1. The minimum atomic E-state index is -0.525. The van der Waals surface area contributed by atoms with E-state index in [9.17, 15) is 9.59 Å². The number of benzene rings is 1. The van der Waals surface area contributed by atoms with Crippen molar-refractivity contribution in [2.75, 3.05) is 0 Å². The second kappa shape index (κ2) is 7.61. The van der Waals surface area contributed by atoms with E-state index in [0.29, 0.717) is 15.7 Å². The van der Waals surface area contributed by atoms with Gasteiger partial charge in [-0.05, 0) is 18.9 Å². The minimum absolute atomic E-state index is 0.0383. The molecule has 28 heavy (non-hydrogen) atoms. The molecular weight excluding hydrogens is 396 g/mol. The van der Waals surface area contributed by atoms with Crippen LogP contribution in [0.15, 0.2) is 40.5 Å². The predicted molar refractivity (Wildman–Crippen MR) is 108 cm³/mol. The molecule has 0 aliphatic rings. The molecule has 4 rings (SSSR count). The molecule has 1 aromatic carbocycles. The van der Waals surface area contributed by atoms with Crippen molar-refractivity contribution < 1.29 is 9.53 Å². The lowest BCUT2D eigenvalue weighted by atomic mass is 10.1. The molecule has 0 fully saturated rings. The molecule has 0 aliphatic carbocycles. The zero-order chi connectivity index (χ0) is 19.7. The number of carbonyl (C=O) groups excluding carboxylic acids is 1. The van der Waals surface area contributed by atoms with Gasteiger partial charge < -0.3 is 4.74 Å². The Balaban J connectivity index is 1.46. The van der Waals surface area contributed by atoms with Gasteiger partial charge in [-0.25, -0.2) is 14.8 Å². The molecular formula is C19H16N4O3S2. The number of aromatic nitrogens is 4. The first-order valence-electron chi connectivity index (χ1n) is 8.62. The number of nitrogens with zero attached hydrogens (tertiary/aromatic N) is 4. The van der Waals surface area contributed by atoms with Crippen LogP contribution in [0.25, 0.3) is 15.5 Å². The number of aryl methyl sites for hydroxylation is 2. The Kier molecular flexibility index (Phi) is 5.01. The Morgan fingerprint density at radius 1 is 1.21 bits per heavy atom. The average Bonchev–Trinajstić information content (AvgIpc) is 3.33. The first-order chi connectivity index (χ1) is 13.5. The van der Waals surface area contributed by atoms with Crippen molar-refractivity contribution in [3.63, 3.8) is 0 Å². The molecule has 142 valence electrons. The van der Waals surface area contributed by atoms with Gasteiger partial charge in [0.25, 0.3) is 5.56 Å². The summed E-state index contributed by atoms with van der Waals surface area (Å²) >= 11 is 2.61.